The van der Waals surface area contributed by atoms with Crippen molar-refractivity contribution in [1.82, 2.24) is 15.0 Å². The molecule has 1 aromatic rings. The van der Waals surface area contributed by atoms with Crippen LogP contribution in [-0.4, -0.2) is 91.2 Å². The normalized spacial score (nSPS) is 11.4. The Balaban J connectivity index is 3.87. The summed E-state index contributed by atoms with van der Waals surface area (Å²) >= 11 is 0. The number of ether oxygens (including phenoxy) is 6. The molecular weight excluding hydrogens is 1680 g/mol. The molecule has 1 rings (SSSR count). The van der Waals surface area contributed by atoms with Gasteiger partial charge in [-0.2, -0.15) is 15.0 Å². The zero-order valence-corrected chi connectivity index (χ0v) is 90.2. The third-order valence-corrected chi connectivity index (χ3v) is 27.6. The van der Waals surface area contributed by atoms with Gasteiger partial charge < -0.3 is 28.4 Å². The number of carbonyl (C=O) groups is 6. The second-order valence-electron chi connectivity index (χ2n) is 40.9. The van der Waals surface area contributed by atoms with Crippen LogP contribution in [0.4, 0.5) is 17.8 Å². The van der Waals surface area contributed by atoms with Gasteiger partial charge >= 0.3 is 35.8 Å². The first-order valence-corrected chi connectivity index (χ1v) is 59.5. The lowest BCUT2D eigenvalue weighted by Crippen LogP contribution is -2.38. The summed E-state index contributed by atoms with van der Waals surface area (Å²) in [6.45, 7) is 11.1. The summed E-state index contributed by atoms with van der Waals surface area (Å²) in [6, 6.07) is 0. The van der Waals surface area contributed by atoms with Gasteiger partial charge in [-0.15, -0.1) is 0 Å². The van der Waals surface area contributed by atoms with E-state index in [1.165, 1.54) is 438 Å². The van der Waals surface area contributed by atoms with Crippen LogP contribution in [0.5, 0.6) is 0 Å². The van der Waals surface area contributed by atoms with Gasteiger partial charge in [0.1, 0.15) is 0 Å². The molecule has 18 heteroatoms. The van der Waals surface area contributed by atoms with Crippen molar-refractivity contribution in [3.63, 3.8) is 0 Å². The average molecular weight is 1910 g/mol. The Labute approximate surface area is 834 Å². The van der Waals surface area contributed by atoms with Gasteiger partial charge in [0.05, 0.1) is 0 Å². The summed E-state index contributed by atoms with van der Waals surface area (Å²) in [5.41, 5.74) is 0. The predicted octanol–water partition coefficient (Wildman–Crippen LogP) is 36.9. The van der Waals surface area contributed by atoms with E-state index in [4.69, 9.17) is 43.4 Å². The summed E-state index contributed by atoms with van der Waals surface area (Å²) in [5.74, 6) is -2.90. The fourth-order valence-electron chi connectivity index (χ4n) is 18.4. The number of carbonyl (C=O) groups excluding carboxylic acids is 6. The fourth-order valence-corrected chi connectivity index (χ4v) is 18.4. The highest BCUT2D eigenvalue weighted by Gasteiger charge is 2.27. The first-order chi connectivity index (χ1) is 66.5. The van der Waals surface area contributed by atoms with Crippen molar-refractivity contribution < 1.29 is 57.2 Å². The van der Waals surface area contributed by atoms with Crippen molar-refractivity contribution in [2.75, 3.05) is 55.1 Å². The molecule has 1 heterocycles. The topological polar surface area (TPSA) is 206 Å². The highest BCUT2D eigenvalue weighted by atomic mass is 16.6. The molecule has 0 fully saturated rings. The van der Waals surface area contributed by atoms with E-state index < -0.39 is 76.2 Å². The van der Waals surface area contributed by atoms with Gasteiger partial charge in [0.15, 0.2) is 40.4 Å². The number of anilines is 3. The smallest absolute Gasteiger partial charge is 0.307 e. The van der Waals surface area contributed by atoms with Crippen LogP contribution in [-0.2, 0) is 57.2 Å². The van der Waals surface area contributed by atoms with E-state index in [2.05, 4.69) is 41.5 Å². The van der Waals surface area contributed by atoms with E-state index in [0.29, 0.717) is 38.5 Å². The molecule has 0 aliphatic carbocycles. The van der Waals surface area contributed by atoms with Crippen molar-refractivity contribution in [3.8, 4) is 0 Å². The minimum Gasteiger partial charge on any atom is -0.444 e. The van der Waals surface area contributed by atoms with Gasteiger partial charge in [-0.25, -0.2) is 0 Å². The Hall–Kier alpha value is -4.77. The molecule has 792 valence electrons. The molecule has 0 amide bonds. The number of nitrogens with zero attached hydrogens (tertiary/aromatic N) is 6. The van der Waals surface area contributed by atoms with Crippen molar-refractivity contribution in [2.24, 2.45) is 0 Å². The minimum absolute atomic E-state index is 0.105. The summed E-state index contributed by atoms with van der Waals surface area (Å²) in [5, 5.41) is 0. The van der Waals surface area contributed by atoms with E-state index in [-0.39, 0.29) is 56.4 Å². The van der Waals surface area contributed by atoms with Crippen LogP contribution >= 0.6 is 0 Å². The summed E-state index contributed by atoms with van der Waals surface area (Å²) in [6.07, 6.45) is 109. The molecule has 0 saturated carbocycles. The number of hydrogen-bond donors (Lipinski definition) is 0. The predicted molar refractivity (Wildman–Crippen MR) is 570 cm³/mol. The number of esters is 6. The summed E-state index contributed by atoms with van der Waals surface area (Å²) in [7, 11) is 0. The van der Waals surface area contributed by atoms with Crippen LogP contribution in [0, 0.1) is 0 Å². The maximum Gasteiger partial charge on any atom is 0.307 e. The van der Waals surface area contributed by atoms with Gasteiger partial charge in [-0.3, -0.25) is 43.5 Å². The van der Waals surface area contributed by atoms with Crippen LogP contribution in [0.25, 0.3) is 0 Å². The quantitative estimate of drug-likeness (QED) is 0.0257. The third-order valence-electron chi connectivity index (χ3n) is 27.6. The Morgan fingerprint density at radius 3 is 0.311 bits per heavy atom. The van der Waals surface area contributed by atoms with Gasteiger partial charge in [0.2, 0.25) is 17.8 Å². The van der Waals surface area contributed by atoms with E-state index in [1.54, 1.807) is 0 Å². The number of aromatic nitrogens is 3. The second-order valence-corrected chi connectivity index (χ2v) is 40.9. The van der Waals surface area contributed by atoms with E-state index >= 15 is 0 Å². The Morgan fingerprint density at radius 2 is 0.222 bits per heavy atom. The standard InChI is InChI=1S/C117H222N6O12/c1-7-13-19-25-31-37-43-49-55-61-67-73-79-85-91-97-109(124)130-103-121(104-131-110(125)98-92-86-80-74-68-62-56-50-44-38-32-26-20-14-8-2)115-118-116(122(105-132-111(126)99-93-87-81-75-69-63-57-51-45-39-33-27-21-15-9-3)106-133-112(127)100-94-88-82-76-70-64-58-52-46-40-34-28-22-16-10-4)120-117(119-115)123(107-134-113(128)101-95-89-83-77-71-65-59-53-47-41-35-29-23-17-11-5)108-135-114(129)102-96-90-84-78-72-66-60-54-48-42-36-30-24-18-12-6/h7-108H2,1-6H3. The molecule has 0 aliphatic rings. The molecule has 0 bridgehead atoms. The number of hydrogen-bond acceptors (Lipinski definition) is 18. The van der Waals surface area contributed by atoms with Crippen LogP contribution in [0.3, 0.4) is 0 Å². The average Bonchev–Trinajstić information content (AvgIpc) is 0.809. The summed E-state index contributed by atoms with van der Waals surface area (Å²) < 4.78 is 36.8. The maximum absolute atomic E-state index is 14.0. The molecule has 18 nitrogen and oxygen atoms in total. The van der Waals surface area contributed by atoms with Gasteiger partial charge in [0.25, 0.3) is 0 Å². The SMILES string of the molecule is CCCCCCCCCCCCCCCCCC(=O)OCN(COC(=O)CCCCCCCCCCCCCCCCC)c1nc(N(COC(=O)CCCCCCCCCCCCCCCCC)COC(=O)CCCCCCCCCCCCCCCCC)nc(N(COC(=O)CCCCCCCCCCCCCCCCC)COC(=O)CCCCCCCCCCCCCCCCC)n1. The molecule has 1 aromatic heterocycles. The zero-order valence-electron chi connectivity index (χ0n) is 90.2. The summed E-state index contributed by atoms with van der Waals surface area (Å²) in [4.78, 5) is 104. The molecule has 0 radical (unpaired) electrons. The minimum atomic E-state index is -0.430. The molecule has 0 spiro atoms. The molecule has 0 aliphatic heterocycles. The number of rotatable bonds is 111. The second kappa shape index (κ2) is 105. The first kappa shape index (κ1) is 128. The molecule has 0 saturated heterocycles. The van der Waals surface area contributed by atoms with E-state index in [1.807, 2.05) is 0 Å². The molecule has 0 unspecified atom stereocenters. The van der Waals surface area contributed by atoms with Crippen molar-refractivity contribution in [3.05, 3.63) is 0 Å². The molecule has 0 atom stereocenters. The van der Waals surface area contributed by atoms with Crippen molar-refractivity contribution in [2.45, 2.75) is 658 Å². The van der Waals surface area contributed by atoms with Gasteiger partial charge in [-0.1, -0.05) is 581 Å². The van der Waals surface area contributed by atoms with Gasteiger partial charge in [-0.05, 0) is 38.5 Å². The molecule has 0 N–H and O–H groups in total. The van der Waals surface area contributed by atoms with E-state index in [9.17, 15) is 28.8 Å². The zero-order chi connectivity index (χ0) is 97.4. The fraction of sp³-hybridized carbons (Fsp3) is 0.923. The molecule has 0 aromatic carbocycles. The lowest BCUT2D eigenvalue weighted by Gasteiger charge is -2.28. The lowest BCUT2D eigenvalue weighted by atomic mass is 10.0. The van der Waals surface area contributed by atoms with Gasteiger partial charge in [0, 0.05) is 38.5 Å². The third kappa shape index (κ3) is 91.5. The highest BCUT2D eigenvalue weighted by molar-refractivity contribution is 5.72. The highest BCUT2D eigenvalue weighted by Crippen LogP contribution is 2.27. The van der Waals surface area contributed by atoms with Crippen LogP contribution in [0.2, 0.25) is 0 Å². The Kier molecular flexibility index (Phi) is 99.8. The number of unbranched alkanes of at least 4 members (excludes halogenated alkanes) is 84. The van der Waals surface area contributed by atoms with E-state index in [0.717, 1.165) is 116 Å². The monoisotopic (exact) mass is 1900 g/mol. The maximum atomic E-state index is 14.0. The largest absolute Gasteiger partial charge is 0.444 e. The Morgan fingerprint density at radius 1 is 0.141 bits per heavy atom. The van der Waals surface area contributed by atoms with Crippen LogP contribution in [0.1, 0.15) is 658 Å². The molecule has 135 heavy (non-hydrogen) atoms. The lowest BCUT2D eigenvalue weighted by molar-refractivity contribution is -0.148. The van der Waals surface area contributed by atoms with Crippen molar-refractivity contribution in [1.29, 1.82) is 0 Å². The first-order valence-electron chi connectivity index (χ1n) is 59.5. The van der Waals surface area contributed by atoms with Crippen LogP contribution < -0.4 is 14.7 Å². The Bertz CT molecular complexity index is 2270. The molecular formula is C117H222N6O12. The van der Waals surface area contributed by atoms with Crippen LogP contribution in [0.15, 0.2) is 0 Å². The van der Waals surface area contributed by atoms with Crippen molar-refractivity contribution >= 4 is 53.7 Å².